The van der Waals surface area contributed by atoms with Crippen LogP contribution >= 0.6 is 0 Å². The van der Waals surface area contributed by atoms with Crippen LogP contribution in [-0.2, 0) is 80.6 Å². The Morgan fingerprint density at radius 3 is 2.11 bits per heavy atom. The van der Waals surface area contributed by atoms with Gasteiger partial charge in [0.25, 0.3) is 0 Å². The van der Waals surface area contributed by atoms with Crippen LogP contribution in [0.1, 0.15) is 130 Å². The molecule has 17 aliphatic heterocycles. The van der Waals surface area contributed by atoms with Crippen LogP contribution in [0, 0.1) is 29.6 Å². The molecule has 21 heteroatoms. The van der Waals surface area contributed by atoms with E-state index in [-0.39, 0.29) is 128 Å². The van der Waals surface area contributed by atoms with Gasteiger partial charge >= 0.3 is 5.97 Å². The van der Waals surface area contributed by atoms with Crippen molar-refractivity contribution in [1.29, 1.82) is 0 Å². The number of rotatable bonds is 2. The third kappa shape index (κ3) is 8.79. The second kappa shape index (κ2) is 20.1. The smallest absolute Gasteiger partial charge is 0.308 e. The van der Waals surface area contributed by atoms with Crippen molar-refractivity contribution in [2.75, 3.05) is 13.2 Å². The molecule has 17 fully saturated rings. The lowest BCUT2D eigenvalue weighted by Crippen LogP contribution is -2.63. The lowest BCUT2D eigenvalue weighted by atomic mass is 9.77. The van der Waals surface area contributed by atoms with Gasteiger partial charge in [-0.25, -0.2) is 0 Å². The summed E-state index contributed by atoms with van der Waals surface area (Å²) in [5, 5.41) is 44.1. The Morgan fingerprint density at radius 2 is 1.27 bits per heavy atom. The second-order valence-corrected chi connectivity index (χ2v) is 28.4. The molecule has 0 radical (unpaired) electrons. The summed E-state index contributed by atoms with van der Waals surface area (Å²) in [5.41, 5.74) is 2.01. The molecule has 0 aromatic carbocycles. The van der Waals surface area contributed by atoms with Crippen molar-refractivity contribution < 1.29 is 101 Å². The predicted octanol–water partition coefficient (Wildman–Crippen LogP) is 3.48. The highest BCUT2D eigenvalue weighted by Gasteiger charge is 2.79. The summed E-state index contributed by atoms with van der Waals surface area (Å²) in [7, 11) is 0. The zero-order valence-electron chi connectivity index (χ0n) is 47.7. The molecule has 17 aliphatic rings. The van der Waals surface area contributed by atoms with Gasteiger partial charge in [-0.05, 0) is 73.8 Å². The summed E-state index contributed by atoms with van der Waals surface area (Å²) in [5.74, 6) is -6.00. The van der Waals surface area contributed by atoms with Gasteiger partial charge in [-0.2, -0.15) is 0 Å². The summed E-state index contributed by atoms with van der Waals surface area (Å²) in [6.07, 6.45) is -3.45. The van der Waals surface area contributed by atoms with Gasteiger partial charge in [-0.3, -0.25) is 4.79 Å². The van der Waals surface area contributed by atoms with Gasteiger partial charge in [0.15, 0.2) is 17.7 Å². The molecule has 17 rings (SSSR count). The molecule has 0 aromatic heterocycles. The van der Waals surface area contributed by atoms with E-state index in [9.17, 15) is 25.2 Å². The van der Waals surface area contributed by atoms with E-state index in [2.05, 4.69) is 40.9 Å². The van der Waals surface area contributed by atoms with Crippen molar-refractivity contribution >= 4 is 5.97 Å². The fraction of sp³-hybridized carbons (Fsp3) is 0.918. The van der Waals surface area contributed by atoms with Gasteiger partial charge in [0.1, 0.15) is 36.6 Å². The summed E-state index contributed by atoms with van der Waals surface area (Å²) >= 11 is 0. The number of ether oxygens (including phenoxy) is 16. The van der Waals surface area contributed by atoms with Crippen molar-refractivity contribution in [3.63, 3.8) is 0 Å². The number of fused-ring (bicyclic) bond motifs is 11. The predicted molar refractivity (Wildman–Crippen MR) is 279 cm³/mol. The minimum Gasteiger partial charge on any atom is -0.459 e. The van der Waals surface area contributed by atoms with Gasteiger partial charge in [-0.1, -0.05) is 40.9 Å². The molecule has 0 aromatic rings. The quantitative estimate of drug-likeness (QED) is 0.228. The Labute approximate surface area is 478 Å². The molecule has 12 bridgehead atoms. The number of carbonyl (C=O) groups is 1. The van der Waals surface area contributed by atoms with Crippen LogP contribution in [-0.4, -0.2) is 215 Å². The van der Waals surface area contributed by atoms with E-state index < -0.39 is 102 Å². The molecule has 17 heterocycles. The zero-order chi connectivity index (χ0) is 56.1. The van der Waals surface area contributed by atoms with Crippen LogP contribution in [0.15, 0.2) is 24.3 Å². The van der Waals surface area contributed by atoms with Crippen LogP contribution < -0.4 is 0 Å². The number of carbonyl (C=O) groups excluding carboxylic acids is 1. The molecule has 17 saturated heterocycles. The van der Waals surface area contributed by atoms with Gasteiger partial charge in [0, 0.05) is 63.2 Å². The highest BCUT2D eigenvalue weighted by atomic mass is 16.8. The Morgan fingerprint density at radius 1 is 0.561 bits per heavy atom. The first-order valence-electron chi connectivity index (χ1n) is 31.6. The number of aliphatic hydroxyl groups excluding tert-OH is 3. The Bertz CT molecular complexity index is 2500. The third-order valence-electron chi connectivity index (χ3n) is 23.0. The molecule has 456 valence electrons. The molecule has 21 nitrogen and oxygen atoms in total. The largest absolute Gasteiger partial charge is 0.459 e. The fourth-order valence-corrected chi connectivity index (χ4v) is 19.0. The van der Waals surface area contributed by atoms with Crippen molar-refractivity contribution in [2.24, 2.45) is 29.6 Å². The SMILES string of the molecule is C=C1C[C@@H]2CC[C@]34OC5[C@@H]6O[C@H]7CC[C@H](CC(=O)O[C@@H]8[C@@H](C)[C@@H]9O[C@@H]%10C[C@@]%11(C[C@@H]%12O[C@]%13(C[C@H](C)[C@@H]%14O[C@@H]%15[C@@H]([C@@H](O)CO)CO[C@@H]%15C[C@@H]%14O%13)C[C@H](C)[C@@H]%12O%11)O[C@@H]%10C[C@@H]9O[C@H]8C[C@H]8O[C@@H](CC[C@@H]1O2)C[C@@H](C)C8=C)O[C@@H]7[C@H](O3)[C@@H]6OC5(O)[C@H]4O. The van der Waals surface area contributed by atoms with Gasteiger partial charge in [-0.15, -0.1) is 0 Å². The molecule has 34 atom stereocenters. The average molecular weight is 1160 g/mol. The van der Waals surface area contributed by atoms with Crippen LogP contribution in [0.4, 0.5) is 0 Å². The second-order valence-electron chi connectivity index (χ2n) is 28.4. The molecule has 3 spiro atoms. The molecule has 4 N–H and O–H groups in total. The van der Waals surface area contributed by atoms with Crippen LogP contribution in [0.25, 0.3) is 0 Å². The molecular weight excluding hydrogens is 1070 g/mol. The number of esters is 1. The third-order valence-corrected chi connectivity index (χ3v) is 23.0. The van der Waals surface area contributed by atoms with E-state index in [1.165, 1.54) is 0 Å². The summed E-state index contributed by atoms with van der Waals surface area (Å²) in [4.78, 5) is 14.6. The topological polar surface area (TPSA) is 246 Å². The van der Waals surface area contributed by atoms with E-state index in [1.807, 2.05) is 0 Å². The van der Waals surface area contributed by atoms with Crippen molar-refractivity contribution in [1.82, 2.24) is 0 Å². The van der Waals surface area contributed by atoms with E-state index in [1.54, 1.807) is 0 Å². The molecule has 0 saturated carbocycles. The monoisotopic (exact) mass is 1150 g/mol. The number of hydrogen-bond donors (Lipinski definition) is 4. The molecule has 0 aliphatic carbocycles. The lowest BCUT2D eigenvalue weighted by Gasteiger charge is -2.54. The van der Waals surface area contributed by atoms with E-state index >= 15 is 0 Å². The van der Waals surface area contributed by atoms with E-state index in [4.69, 9.17) is 75.8 Å². The normalized spacial score (nSPS) is 59.6. The van der Waals surface area contributed by atoms with Crippen LogP contribution in [0.5, 0.6) is 0 Å². The standard InChI is InChI=1S/C61H86O21/c1-25-13-31-7-9-36-26(2)14-33(68-36)11-12-60-57(65)61(66)56(82-60)55-54(81-61)53(80-60)52-37(72-55)10-8-32(70-52)15-46(64)74-50-30(6)49-42(71-41(50)16-38(69-31)29(25)5)17-39-44(73-49)21-59(76-39)22-45-48(79-59)28(4)20-58(78-45)19-27(3)47-43(77-58)18-40-51(75-47)34(24-67-40)35(63)23-62/h25,27-28,30-45,47-57,62-63,65-66H,2,5,7-24H2,1,3-4,6H3/t25-,27+,28+,30+,31+,32-,33+,34-,35+,36+,37+,38-,39-,40-,41+,42+,43+,44-,45+,47+,48+,49+,50-,51-,52+,53+,54+,55-,56?,57+,58-,59-,60-,61?/m1/s1. The Balaban J connectivity index is 0.633. The maximum Gasteiger partial charge on any atom is 0.308 e. The molecule has 0 amide bonds. The summed E-state index contributed by atoms with van der Waals surface area (Å²) in [6.45, 7) is 17.7. The summed E-state index contributed by atoms with van der Waals surface area (Å²) < 4.78 is 109. The van der Waals surface area contributed by atoms with E-state index in [0.717, 1.165) is 24.0 Å². The van der Waals surface area contributed by atoms with Crippen molar-refractivity contribution in [3.05, 3.63) is 24.3 Å². The van der Waals surface area contributed by atoms with Crippen molar-refractivity contribution in [3.8, 4) is 0 Å². The zero-order valence-corrected chi connectivity index (χ0v) is 47.7. The van der Waals surface area contributed by atoms with Gasteiger partial charge in [0.05, 0.1) is 130 Å². The first-order valence-corrected chi connectivity index (χ1v) is 31.6. The number of aliphatic hydroxyl groups is 4. The Kier molecular flexibility index (Phi) is 13.6. The average Bonchev–Trinajstić information content (AvgIpc) is 4.37. The van der Waals surface area contributed by atoms with Gasteiger partial charge < -0.3 is 96.2 Å². The van der Waals surface area contributed by atoms with Crippen LogP contribution in [0.2, 0.25) is 0 Å². The van der Waals surface area contributed by atoms with Gasteiger partial charge in [0.2, 0.25) is 11.6 Å². The van der Waals surface area contributed by atoms with E-state index in [0.29, 0.717) is 83.7 Å². The summed E-state index contributed by atoms with van der Waals surface area (Å²) in [6, 6.07) is 0. The highest BCUT2D eigenvalue weighted by Crippen LogP contribution is 2.60. The minimum atomic E-state index is -2.03. The van der Waals surface area contributed by atoms with Crippen LogP contribution in [0.3, 0.4) is 0 Å². The highest BCUT2D eigenvalue weighted by molar-refractivity contribution is 5.70. The maximum absolute atomic E-state index is 14.6. The maximum atomic E-state index is 14.6. The molecular formula is C61H86O21. The first-order chi connectivity index (χ1) is 39.4. The fourth-order valence-electron chi connectivity index (χ4n) is 19.0. The molecule has 2 unspecified atom stereocenters. The first kappa shape index (κ1) is 55.5. The molecule has 82 heavy (non-hydrogen) atoms. The number of hydrogen-bond acceptors (Lipinski definition) is 21. The Hall–Kier alpha value is -1.81. The lowest BCUT2D eigenvalue weighted by molar-refractivity contribution is -0.370. The van der Waals surface area contributed by atoms with Crippen molar-refractivity contribution in [2.45, 2.75) is 306 Å². The minimum absolute atomic E-state index is 0.0316.